The average Bonchev–Trinajstić information content (AvgIpc) is 3.03. The SMILES string of the molecule is Cl.Cl.O=C(CC1CSCCN1)NC1CCN(c2cccc(OC(F)(F)F)c2)C1. The molecular formula is C17H24Cl2F3N3O2S. The van der Waals surface area contributed by atoms with E-state index in [0.29, 0.717) is 25.2 Å². The van der Waals surface area contributed by atoms with E-state index in [1.165, 1.54) is 18.2 Å². The molecule has 11 heteroatoms. The number of rotatable bonds is 5. The fourth-order valence-corrected chi connectivity index (χ4v) is 4.20. The maximum Gasteiger partial charge on any atom is 0.573 e. The van der Waals surface area contributed by atoms with Crippen LogP contribution in [0.25, 0.3) is 0 Å². The van der Waals surface area contributed by atoms with Gasteiger partial charge in [-0.15, -0.1) is 38.0 Å². The van der Waals surface area contributed by atoms with Crippen LogP contribution in [0.15, 0.2) is 24.3 Å². The van der Waals surface area contributed by atoms with Crippen LogP contribution in [-0.4, -0.2) is 55.5 Å². The number of thioether (sulfide) groups is 1. The predicted octanol–water partition coefficient (Wildman–Crippen LogP) is 3.22. The van der Waals surface area contributed by atoms with Gasteiger partial charge in [0.15, 0.2) is 0 Å². The highest BCUT2D eigenvalue weighted by Gasteiger charge is 2.31. The predicted molar refractivity (Wildman–Crippen MR) is 110 cm³/mol. The summed E-state index contributed by atoms with van der Waals surface area (Å²) in [5.74, 6) is 1.80. The first-order valence-electron chi connectivity index (χ1n) is 8.60. The first kappa shape index (κ1) is 25.0. The lowest BCUT2D eigenvalue weighted by atomic mass is 10.2. The molecule has 1 aromatic carbocycles. The minimum Gasteiger partial charge on any atom is -0.406 e. The molecule has 0 saturated carbocycles. The Morgan fingerprint density at radius 2 is 2.14 bits per heavy atom. The second-order valence-corrected chi connectivity index (χ2v) is 7.62. The van der Waals surface area contributed by atoms with Crippen LogP contribution in [0.5, 0.6) is 5.75 Å². The number of nitrogens with one attached hydrogen (secondary N) is 2. The lowest BCUT2D eigenvalue weighted by Gasteiger charge is -2.24. The third kappa shape index (κ3) is 7.77. The third-order valence-corrected chi connectivity index (χ3v) is 5.53. The topological polar surface area (TPSA) is 53.6 Å². The summed E-state index contributed by atoms with van der Waals surface area (Å²) in [6.07, 6.45) is -3.48. The summed E-state index contributed by atoms with van der Waals surface area (Å²) >= 11 is 1.85. The van der Waals surface area contributed by atoms with Crippen LogP contribution in [0.1, 0.15) is 12.8 Å². The molecule has 2 unspecified atom stereocenters. The summed E-state index contributed by atoms with van der Waals surface area (Å²) in [6.45, 7) is 2.18. The number of alkyl halides is 3. The molecule has 0 bridgehead atoms. The number of hydrogen-bond donors (Lipinski definition) is 2. The molecule has 0 aromatic heterocycles. The lowest BCUT2D eigenvalue weighted by molar-refractivity contribution is -0.274. The molecule has 2 atom stereocenters. The van der Waals surface area contributed by atoms with E-state index in [-0.39, 0.29) is 48.6 Å². The zero-order valence-electron chi connectivity index (χ0n) is 15.0. The molecule has 2 N–H and O–H groups in total. The molecule has 2 heterocycles. The highest BCUT2D eigenvalue weighted by Crippen LogP contribution is 2.28. The van der Waals surface area contributed by atoms with Gasteiger partial charge in [-0.1, -0.05) is 6.07 Å². The van der Waals surface area contributed by atoms with Crippen molar-refractivity contribution < 1.29 is 22.7 Å². The second-order valence-electron chi connectivity index (χ2n) is 6.47. The summed E-state index contributed by atoms with van der Waals surface area (Å²) in [5, 5.41) is 6.37. The van der Waals surface area contributed by atoms with Gasteiger partial charge in [0.05, 0.1) is 0 Å². The smallest absolute Gasteiger partial charge is 0.406 e. The molecule has 2 aliphatic rings. The Balaban J connectivity index is 0.00000196. The standard InChI is InChI=1S/C17H22F3N3O2S.2ClH/c18-17(19,20)25-15-3-1-2-14(9-15)23-6-4-12(10-23)22-16(24)8-13-11-26-7-5-21-13;;/h1-3,9,12-13,21H,4-8,10-11H2,(H,22,24);2*1H. The van der Waals surface area contributed by atoms with E-state index >= 15 is 0 Å². The second kappa shape index (κ2) is 11.2. The average molecular weight is 462 g/mol. The summed E-state index contributed by atoms with van der Waals surface area (Å²) < 4.78 is 41.0. The molecule has 0 radical (unpaired) electrons. The Hall–Kier alpha value is -1.03. The van der Waals surface area contributed by atoms with Crippen LogP contribution >= 0.6 is 36.6 Å². The Bertz CT molecular complexity index is 634. The quantitative estimate of drug-likeness (QED) is 0.704. The molecule has 5 nitrogen and oxygen atoms in total. The minimum absolute atomic E-state index is 0. The van der Waals surface area contributed by atoms with E-state index in [0.717, 1.165) is 24.5 Å². The number of halogens is 5. The van der Waals surface area contributed by atoms with Crippen molar-refractivity contribution in [2.45, 2.75) is 31.3 Å². The number of hydrogen-bond acceptors (Lipinski definition) is 5. The van der Waals surface area contributed by atoms with Crippen molar-refractivity contribution >= 4 is 48.2 Å². The number of carbonyl (C=O) groups is 1. The minimum atomic E-state index is -4.70. The number of amides is 1. The Morgan fingerprint density at radius 1 is 1.36 bits per heavy atom. The summed E-state index contributed by atoms with van der Waals surface area (Å²) in [6, 6.07) is 6.15. The van der Waals surface area contributed by atoms with E-state index in [1.807, 2.05) is 16.7 Å². The normalized spacial score (nSPS) is 22.0. The van der Waals surface area contributed by atoms with Crippen LogP contribution in [0.3, 0.4) is 0 Å². The highest BCUT2D eigenvalue weighted by atomic mass is 35.5. The zero-order valence-corrected chi connectivity index (χ0v) is 17.5. The molecule has 3 rings (SSSR count). The van der Waals surface area contributed by atoms with Gasteiger partial charge in [-0.3, -0.25) is 4.79 Å². The molecule has 160 valence electrons. The van der Waals surface area contributed by atoms with Crippen LogP contribution in [0.2, 0.25) is 0 Å². The van der Waals surface area contributed by atoms with E-state index in [9.17, 15) is 18.0 Å². The van der Waals surface area contributed by atoms with Gasteiger partial charge < -0.3 is 20.3 Å². The maximum absolute atomic E-state index is 12.4. The van der Waals surface area contributed by atoms with Gasteiger partial charge in [0.2, 0.25) is 5.91 Å². The van der Waals surface area contributed by atoms with Crippen molar-refractivity contribution in [2.24, 2.45) is 0 Å². The van der Waals surface area contributed by atoms with E-state index in [1.54, 1.807) is 6.07 Å². The van der Waals surface area contributed by atoms with Gasteiger partial charge in [0, 0.05) is 61.4 Å². The molecule has 1 amide bonds. The molecule has 2 saturated heterocycles. The first-order chi connectivity index (χ1) is 12.4. The molecular weight excluding hydrogens is 438 g/mol. The van der Waals surface area contributed by atoms with Crippen LogP contribution in [0.4, 0.5) is 18.9 Å². The van der Waals surface area contributed by atoms with E-state index in [2.05, 4.69) is 15.4 Å². The Morgan fingerprint density at radius 3 is 2.82 bits per heavy atom. The lowest BCUT2D eigenvalue weighted by Crippen LogP contribution is -2.44. The van der Waals surface area contributed by atoms with Gasteiger partial charge >= 0.3 is 6.36 Å². The fraction of sp³-hybridized carbons (Fsp3) is 0.588. The number of benzene rings is 1. The fourth-order valence-electron chi connectivity index (χ4n) is 3.25. The summed E-state index contributed by atoms with van der Waals surface area (Å²) in [5.41, 5.74) is 0.661. The molecule has 2 aliphatic heterocycles. The number of nitrogens with zero attached hydrogens (tertiary/aromatic N) is 1. The van der Waals surface area contributed by atoms with Crippen molar-refractivity contribution in [1.29, 1.82) is 0 Å². The van der Waals surface area contributed by atoms with Gasteiger partial charge in [-0.2, -0.15) is 11.8 Å². The molecule has 0 spiro atoms. The maximum atomic E-state index is 12.4. The van der Waals surface area contributed by atoms with Crippen molar-refractivity contribution in [1.82, 2.24) is 10.6 Å². The highest BCUT2D eigenvalue weighted by molar-refractivity contribution is 7.99. The first-order valence-corrected chi connectivity index (χ1v) is 9.76. The van der Waals surface area contributed by atoms with Crippen molar-refractivity contribution in [2.75, 3.05) is 36.0 Å². The molecule has 28 heavy (non-hydrogen) atoms. The Kier molecular flexibility index (Phi) is 10.0. The zero-order chi connectivity index (χ0) is 18.6. The number of carbonyl (C=O) groups excluding carboxylic acids is 1. The van der Waals surface area contributed by atoms with E-state index in [4.69, 9.17) is 0 Å². The van der Waals surface area contributed by atoms with Gasteiger partial charge in [0.25, 0.3) is 0 Å². The van der Waals surface area contributed by atoms with Crippen LogP contribution in [-0.2, 0) is 4.79 Å². The van der Waals surface area contributed by atoms with Gasteiger partial charge in [-0.05, 0) is 18.6 Å². The van der Waals surface area contributed by atoms with Crippen molar-refractivity contribution in [3.8, 4) is 5.75 Å². The number of ether oxygens (including phenoxy) is 1. The molecule has 1 aromatic rings. The van der Waals surface area contributed by atoms with Gasteiger partial charge in [-0.25, -0.2) is 0 Å². The molecule has 2 fully saturated rings. The molecule has 0 aliphatic carbocycles. The van der Waals surface area contributed by atoms with Gasteiger partial charge in [0.1, 0.15) is 5.75 Å². The van der Waals surface area contributed by atoms with Crippen LogP contribution in [0, 0.1) is 0 Å². The summed E-state index contributed by atoms with van der Waals surface area (Å²) in [4.78, 5) is 14.2. The number of anilines is 1. The Labute approximate surface area is 178 Å². The van der Waals surface area contributed by atoms with Crippen molar-refractivity contribution in [3.05, 3.63) is 24.3 Å². The monoisotopic (exact) mass is 461 g/mol. The summed E-state index contributed by atoms with van der Waals surface area (Å²) in [7, 11) is 0. The third-order valence-electron chi connectivity index (χ3n) is 4.40. The van der Waals surface area contributed by atoms with Crippen molar-refractivity contribution in [3.63, 3.8) is 0 Å². The van der Waals surface area contributed by atoms with Crippen LogP contribution < -0.4 is 20.3 Å². The van der Waals surface area contributed by atoms with E-state index < -0.39 is 6.36 Å². The largest absolute Gasteiger partial charge is 0.573 e.